The van der Waals surface area contributed by atoms with Gasteiger partial charge in [-0.3, -0.25) is 0 Å². The van der Waals surface area contributed by atoms with E-state index < -0.39 is 0 Å². The van der Waals surface area contributed by atoms with Crippen molar-refractivity contribution in [1.29, 1.82) is 0 Å². The number of hydrogen-bond donors (Lipinski definition) is 1. The van der Waals surface area contributed by atoms with Crippen LogP contribution < -0.4 is 0 Å². The molecule has 1 heteroatoms. The minimum atomic E-state index is 0.424. The van der Waals surface area contributed by atoms with Crippen LogP contribution in [0.2, 0.25) is 0 Å². The molecular weight excluding hydrogens is 176 g/mol. The Morgan fingerprint density at radius 1 is 1.15 bits per heavy atom. The first-order valence-corrected chi connectivity index (χ1v) is 5.59. The molecule has 0 heterocycles. The van der Waals surface area contributed by atoms with E-state index in [1.54, 1.807) is 0 Å². The Kier molecular flexibility index (Phi) is 4.99. The van der Waals surface area contributed by atoms with Crippen LogP contribution >= 0.6 is 12.6 Å². The summed E-state index contributed by atoms with van der Waals surface area (Å²) in [6.07, 6.45) is 5.10. The van der Waals surface area contributed by atoms with E-state index in [2.05, 4.69) is 49.9 Å². The second kappa shape index (κ2) is 6.09. The van der Waals surface area contributed by atoms with Gasteiger partial charge in [-0.2, -0.15) is 12.6 Å². The lowest BCUT2D eigenvalue weighted by Gasteiger charge is -2.09. The number of benzene rings is 1. The third kappa shape index (κ3) is 3.86. The molecule has 0 N–H and O–H groups in total. The van der Waals surface area contributed by atoms with Gasteiger partial charge in [0.2, 0.25) is 0 Å². The molecule has 0 spiro atoms. The highest BCUT2D eigenvalue weighted by Gasteiger charge is 2.03. The maximum atomic E-state index is 4.59. The molecule has 0 amide bonds. The molecule has 13 heavy (non-hydrogen) atoms. The second-order valence-electron chi connectivity index (χ2n) is 3.42. The van der Waals surface area contributed by atoms with Gasteiger partial charge in [0, 0.05) is 5.25 Å². The Labute approximate surface area is 86.8 Å². The van der Waals surface area contributed by atoms with Gasteiger partial charge in [-0.15, -0.1) is 0 Å². The van der Waals surface area contributed by atoms with E-state index in [0.29, 0.717) is 5.25 Å². The summed E-state index contributed by atoms with van der Waals surface area (Å²) in [7, 11) is 0. The Bertz CT molecular complexity index is 218. The number of hydrogen-bond acceptors (Lipinski definition) is 1. The predicted molar refractivity (Wildman–Crippen MR) is 62.3 cm³/mol. The van der Waals surface area contributed by atoms with Crippen molar-refractivity contribution in [2.24, 2.45) is 0 Å². The van der Waals surface area contributed by atoms with Crippen molar-refractivity contribution in [1.82, 2.24) is 0 Å². The lowest BCUT2D eigenvalue weighted by atomic mass is 10.1. The summed E-state index contributed by atoms with van der Waals surface area (Å²) in [5.41, 5.74) is 1.35. The van der Waals surface area contributed by atoms with Crippen LogP contribution in [0, 0.1) is 0 Å². The fraction of sp³-hybridized carbons (Fsp3) is 0.500. The van der Waals surface area contributed by atoms with Crippen LogP contribution in [0.4, 0.5) is 0 Å². The van der Waals surface area contributed by atoms with E-state index in [1.165, 1.54) is 31.2 Å². The van der Waals surface area contributed by atoms with Crippen molar-refractivity contribution in [2.75, 3.05) is 0 Å². The largest absolute Gasteiger partial charge is 0.171 e. The fourth-order valence-electron chi connectivity index (χ4n) is 1.43. The maximum absolute atomic E-state index is 4.59. The molecule has 0 fully saturated rings. The molecule has 0 bridgehead atoms. The number of unbranched alkanes of at least 4 members (excludes halogenated alkanes) is 2. The molecule has 0 nitrogen and oxygen atoms in total. The molecule has 0 aliphatic carbocycles. The smallest absolute Gasteiger partial charge is 0.0267 e. The molecule has 72 valence electrons. The summed E-state index contributed by atoms with van der Waals surface area (Å²) in [5, 5.41) is 0.424. The van der Waals surface area contributed by atoms with E-state index in [1.807, 2.05) is 0 Å². The minimum absolute atomic E-state index is 0.424. The Hall–Kier alpha value is -0.430. The topological polar surface area (TPSA) is 0 Å². The van der Waals surface area contributed by atoms with Crippen LogP contribution in [0.25, 0.3) is 0 Å². The monoisotopic (exact) mass is 194 g/mol. The molecule has 1 rings (SSSR count). The highest BCUT2D eigenvalue weighted by Crippen LogP contribution is 2.25. The number of rotatable bonds is 5. The van der Waals surface area contributed by atoms with E-state index in [9.17, 15) is 0 Å². The Morgan fingerprint density at radius 2 is 1.85 bits per heavy atom. The first-order valence-electron chi connectivity index (χ1n) is 5.07. The first-order chi connectivity index (χ1) is 6.34. The van der Waals surface area contributed by atoms with Crippen LogP contribution in [0.15, 0.2) is 30.3 Å². The SMILES string of the molecule is CCCCCC(S)c1ccccc1. The van der Waals surface area contributed by atoms with Gasteiger partial charge in [0.25, 0.3) is 0 Å². The third-order valence-corrected chi connectivity index (χ3v) is 2.82. The van der Waals surface area contributed by atoms with Gasteiger partial charge in [-0.25, -0.2) is 0 Å². The zero-order valence-corrected chi connectivity index (χ0v) is 9.13. The van der Waals surface area contributed by atoms with Gasteiger partial charge in [0.15, 0.2) is 0 Å². The molecule has 1 atom stereocenters. The average Bonchev–Trinajstić information content (AvgIpc) is 2.19. The van der Waals surface area contributed by atoms with E-state index in [4.69, 9.17) is 0 Å². The summed E-state index contributed by atoms with van der Waals surface area (Å²) in [6.45, 7) is 2.23. The molecule has 1 aromatic carbocycles. The van der Waals surface area contributed by atoms with Crippen LogP contribution in [0.5, 0.6) is 0 Å². The van der Waals surface area contributed by atoms with Crippen molar-refractivity contribution < 1.29 is 0 Å². The maximum Gasteiger partial charge on any atom is 0.0267 e. The Morgan fingerprint density at radius 3 is 2.46 bits per heavy atom. The number of thiol groups is 1. The molecule has 0 aliphatic rings. The van der Waals surface area contributed by atoms with Crippen molar-refractivity contribution in [3.05, 3.63) is 35.9 Å². The summed E-state index contributed by atoms with van der Waals surface area (Å²) >= 11 is 4.59. The molecular formula is C12H18S. The van der Waals surface area contributed by atoms with Gasteiger partial charge >= 0.3 is 0 Å². The molecule has 0 saturated heterocycles. The van der Waals surface area contributed by atoms with E-state index in [-0.39, 0.29) is 0 Å². The van der Waals surface area contributed by atoms with Gasteiger partial charge in [0.1, 0.15) is 0 Å². The van der Waals surface area contributed by atoms with Crippen molar-refractivity contribution in [3.63, 3.8) is 0 Å². The van der Waals surface area contributed by atoms with Crippen LogP contribution in [0.3, 0.4) is 0 Å². The standard InChI is InChI=1S/C12H18S/c1-2-3-5-10-12(13)11-8-6-4-7-9-11/h4,6-9,12-13H,2-3,5,10H2,1H3. The first kappa shape index (κ1) is 10.6. The summed E-state index contributed by atoms with van der Waals surface area (Å²) in [5.74, 6) is 0. The predicted octanol–water partition coefficient (Wildman–Crippen LogP) is 4.24. The summed E-state index contributed by atoms with van der Waals surface area (Å²) < 4.78 is 0. The van der Waals surface area contributed by atoms with E-state index >= 15 is 0 Å². The van der Waals surface area contributed by atoms with Gasteiger partial charge < -0.3 is 0 Å². The molecule has 1 aromatic rings. The highest BCUT2D eigenvalue weighted by atomic mass is 32.1. The lowest BCUT2D eigenvalue weighted by Crippen LogP contribution is -1.89. The molecule has 0 saturated carbocycles. The zero-order chi connectivity index (χ0) is 9.52. The third-order valence-electron chi connectivity index (χ3n) is 2.27. The minimum Gasteiger partial charge on any atom is -0.171 e. The van der Waals surface area contributed by atoms with Gasteiger partial charge in [-0.05, 0) is 12.0 Å². The zero-order valence-electron chi connectivity index (χ0n) is 8.24. The van der Waals surface area contributed by atoms with Gasteiger partial charge in [0.05, 0.1) is 0 Å². The molecule has 0 aliphatic heterocycles. The van der Waals surface area contributed by atoms with Gasteiger partial charge in [-0.1, -0.05) is 56.5 Å². The average molecular weight is 194 g/mol. The fourth-order valence-corrected chi connectivity index (χ4v) is 1.78. The van der Waals surface area contributed by atoms with Crippen LogP contribution in [-0.4, -0.2) is 0 Å². The van der Waals surface area contributed by atoms with Crippen LogP contribution in [0.1, 0.15) is 43.4 Å². The second-order valence-corrected chi connectivity index (χ2v) is 4.05. The molecule has 0 radical (unpaired) electrons. The summed E-state index contributed by atoms with van der Waals surface area (Å²) in [4.78, 5) is 0. The summed E-state index contributed by atoms with van der Waals surface area (Å²) in [6, 6.07) is 10.5. The Balaban J connectivity index is 2.35. The van der Waals surface area contributed by atoms with E-state index in [0.717, 1.165) is 0 Å². The lowest BCUT2D eigenvalue weighted by molar-refractivity contribution is 0.661. The normalized spacial score (nSPS) is 12.8. The highest BCUT2D eigenvalue weighted by molar-refractivity contribution is 7.80. The van der Waals surface area contributed by atoms with Crippen LogP contribution in [-0.2, 0) is 0 Å². The molecule has 1 unspecified atom stereocenters. The quantitative estimate of drug-likeness (QED) is 0.526. The van der Waals surface area contributed by atoms with Crippen molar-refractivity contribution in [2.45, 2.75) is 37.9 Å². The molecule has 0 aromatic heterocycles. The van der Waals surface area contributed by atoms with Crippen molar-refractivity contribution in [3.8, 4) is 0 Å². The van der Waals surface area contributed by atoms with Crippen molar-refractivity contribution >= 4 is 12.6 Å².